The maximum absolute atomic E-state index is 13.0. The molecule has 0 spiro atoms. The number of hydrogen-bond acceptors (Lipinski definition) is 4. The number of rotatable bonds is 6. The Morgan fingerprint density at radius 2 is 1.75 bits per heavy atom. The van der Waals surface area contributed by atoms with Crippen molar-refractivity contribution in [3.8, 4) is 0 Å². The molecule has 2 aliphatic rings. The van der Waals surface area contributed by atoms with Gasteiger partial charge in [0.05, 0.1) is 11.4 Å². The number of sulfonamides is 1. The van der Waals surface area contributed by atoms with Crippen molar-refractivity contribution in [2.24, 2.45) is 5.92 Å². The van der Waals surface area contributed by atoms with Crippen LogP contribution < -0.4 is 5.32 Å². The monoisotopic (exact) mass is 401 g/mol. The molecule has 0 unspecified atom stereocenters. The van der Waals surface area contributed by atoms with Gasteiger partial charge in [-0.3, -0.25) is 9.69 Å². The molecule has 2 aromatic rings. The molecule has 2 fully saturated rings. The number of carbonyl (C=O) groups excluding carboxylic acids is 1. The predicted molar refractivity (Wildman–Crippen MR) is 109 cm³/mol. The van der Waals surface area contributed by atoms with Crippen LogP contribution in [0.5, 0.6) is 0 Å². The highest BCUT2D eigenvalue weighted by molar-refractivity contribution is 7.89. The van der Waals surface area contributed by atoms with Crippen molar-refractivity contribution in [3.05, 3.63) is 42.5 Å². The maximum atomic E-state index is 13.0. The van der Waals surface area contributed by atoms with Crippen LogP contribution in [0.2, 0.25) is 0 Å². The average molecular weight is 402 g/mol. The topological polar surface area (TPSA) is 69.7 Å². The fourth-order valence-electron chi connectivity index (χ4n) is 3.82. The molecule has 6 nitrogen and oxygen atoms in total. The second-order valence-corrected chi connectivity index (χ2v) is 9.82. The molecule has 1 heterocycles. The van der Waals surface area contributed by atoms with Gasteiger partial charge in [0.1, 0.15) is 0 Å². The van der Waals surface area contributed by atoms with Gasteiger partial charge in [0.25, 0.3) is 0 Å². The first kappa shape index (κ1) is 19.4. The van der Waals surface area contributed by atoms with E-state index in [-0.39, 0.29) is 11.9 Å². The number of benzene rings is 2. The smallest absolute Gasteiger partial charge is 0.243 e. The second-order valence-electron chi connectivity index (χ2n) is 7.88. The van der Waals surface area contributed by atoms with Crippen molar-refractivity contribution < 1.29 is 13.2 Å². The Hall–Kier alpha value is -1.96. The quantitative estimate of drug-likeness (QED) is 0.804. The molecule has 1 saturated carbocycles. The van der Waals surface area contributed by atoms with Crippen LogP contribution >= 0.6 is 0 Å². The summed E-state index contributed by atoms with van der Waals surface area (Å²) in [5.74, 6) is 0.665. The first-order chi connectivity index (χ1) is 13.4. The first-order valence-corrected chi connectivity index (χ1v) is 11.4. The van der Waals surface area contributed by atoms with Crippen LogP contribution in [-0.2, 0) is 14.8 Å². The highest BCUT2D eigenvalue weighted by Gasteiger charge is 2.31. The SMILES string of the molecule is C[C@H](NC(=O)CN1CCN(S(=O)(=O)c2ccc3ccccc3c2)CC1)C1CC1. The second kappa shape index (κ2) is 7.81. The standard InChI is InChI=1S/C21H27N3O3S/c1-16(17-6-7-17)22-21(25)15-23-10-12-24(13-11-23)28(26,27)20-9-8-18-4-2-3-5-19(18)14-20/h2-5,8-9,14,16-17H,6-7,10-13,15H2,1H3,(H,22,25)/t16-/m0/s1. The lowest BCUT2D eigenvalue weighted by atomic mass is 10.1. The third kappa shape index (κ3) is 4.21. The van der Waals surface area contributed by atoms with Crippen molar-refractivity contribution in [2.45, 2.75) is 30.7 Å². The summed E-state index contributed by atoms with van der Waals surface area (Å²) in [6.45, 7) is 4.34. The van der Waals surface area contributed by atoms with E-state index in [1.807, 2.05) is 35.2 Å². The van der Waals surface area contributed by atoms with Crippen LogP contribution in [0.4, 0.5) is 0 Å². The maximum Gasteiger partial charge on any atom is 0.243 e. The summed E-state index contributed by atoms with van der Waals surface area (Å²) in [5.41, 5.74) is 0. The molecular formula is C21H27N3O3S. The van der Waals surface area contributed by atoms with Crippen molar-refractivity contribution in [1.29, 1.82) is 0 Å². The van der Waals surface area contributed by atoms with Gasteiger partial charge in [-0.2, -0.15) is 4.31 Å². The van der Waals surface area contributed by atoms with Crippen LogP contribution in [-0.4, -0.2) is 62.3 Å². The molecule has 4 rings (SSSR count). The molecule has 7 heteroatoms. The number of hydrogen-bond donors (Lipinski definition) is 1. The highest BCUT2D eigenvalue weighted by Crippen LogP contribution is 2.32. The summed E-state index contributed by atoms with van der Waals surface area (Å²) in [6, 6.07) is 13.3. The molecule has 0 aromatic heterocycles. The summed E-state index contributed by atoms with van der Waals surface area (Å²) < 4.78 is 27.6. The van der Waals surface area contributed by atoms with Gasteiger partial charge in [-0.1, -0.05) is 30.3 Å². The summed E-state index contributed by atoms with van der Waals surface area (Å²) >= 11 is 0. The van der Waals surface area contributed by atoms with Gasteiger partial charge in [-0.25, -0.2) is 8.42 Å². The van der Waals surface area contributed by atoms with Gasteiger partial charge < -0.3 is 5.32 Å². The summed E-state index contributed by atoms with van der Waals surface area (Å²) in [6.07, 6.45) is 2.40. The fourth-order valence-corrected chi connectivity index (χ4v) is 5.28. The zero-order chi connectivity index (χ0) is 19.7. The van der Waals surface area contributed by atoms with E-state index in [0.717, 1.165) is 10.8 Å². The van der Waals surface area contributed by atoms with E-state index in [9.17, 15) is 13.2 Å². The van der Waals surface area contributed by atoms with Crippen molar-refractivity contribution in [2.75, 3.05) is 32.7 Å². The molecular weight excluding hydrogens is 374 g/mol. The lowest BCUT2D eigenvalue weighted by molar-refractivity contribution is -0.123. The lowest BCUT2D eigenvalue weighted by Crippen LogP contribution is -2.51. The van der Waals surface area contributed by atoms with Gasteiger partial charge in [0, 0.05) is 32.2 Å². The van der Waals surface area contributed by atoms with Crippen LogP contribution in [0, 0.1) is 5.92 Å². The van der Waals surface area contributed by atoms with E-state index in [1.165, 1.54) is 17.1 Å². The minimum Gasteiger partial charge on any atom is -0.352 e. The molecule has 1 amide bonds. The Balaban J connectivity index is 1.36. The Bertz CT molecular complexity index is 964. The Labute approximate surface area is 166 Å². The molecule has 2 aromatic carbocycles. The number of carbonyl (C=O) groups is 1. The largest absolute Gasteiger partial charge is 0.352 e. The normalized spacial score (nSPS) is 20.2. The number of amides is 1. The van der Waals surface area contributed by atoms with Crippen LogP contribution in [0.3, 0.4) is 0 Å². The summed E-state index contributed by atoms with van der Waals surface area (Å²) in [7, 11) is -3.52. The van der Waals surface area contributed by atoms with E-state index in [0.29, 0.717) is 43.5 Å². The molecule has 1 saturated heterocycles. The zero-order valence-electron chi connectivity index (χ0n) is 16.2. The molecule has 1 atom stereocenters. The van der Waals surface area contributed by atoms with Crippen LogP contribution in [0.1, 0.15) is 19.8 Å². The van der Waals surface area contributed by atoms with E-state index >= 15 is 0 Å². The van der Waals surface area contributed by atoms with E-state index in [4.69, 9.17) is 0 Å². The van der Waals surface area contributed by atoms with Crippen LogP contribution in [0.15, 0.2) is 47.4 Å². The van der Waals surface area contributed by atoms with Gasteiger partial charge in [-0.15, -0.1) is 0 Å². The molecule has 28 heavy (non-hydrogen) atoms. The van der Waals surface area contributed by atoms with Gasteiger partial charge in [-0.05, 0) is 48.6 Å². The number of nitrogens with zero attached hydrogens (tertiary/aromatic N) is 2. The van der Waals surface area contributed by atoms with E-state index in [1.54, 1.807) is 12.1 Å². The Morgan fingerprint density at radius 3 is 2.43 bits per heavy atom. The van der Waals surface area contributed by atoms with Crippen molar-refractivity contribution >= 4 is 26.7 Å². The molecule has 0 radical (unpaired) electrons. The lowest BCUT2D eigenvalue weighted by Gasteiger charge is -2.33. The Morgan fingerprint density at radius 1 is 1.07 bits per heavy atom. The summed E-state index contributed by atoms with van der Waals surface area (Å²) in [5, 5.41) is 5.01. The number of nitrogens with one attached hydrogen (secondary N) is 1. The van der Waals surface area contributed by atoms with E-state index in [2.05, 4.69) is 12.2 Å². The average Bonchev–Trinajstić information content (AvgIpc) is 3.53. The third-order valence-corrected chi connectivity index (χ3v) is 7.67. The minimum absolute atomic E-state index is 0.0326. The molecule has 150 valence electrons. The minimum atomic E-state index is -3.52. The van der Waals surface area contributed by atoms with Gasteiger partial charge in [0.2, 0.25) is 15.9 Å². The molecule has 0 bridgehead atoms. The first-order valence-electron chi connectivity index (χ1n) is 9.94. The third-order valence-electron chi connectivity index (χ3n) is 5.77. The molecule has 1 N–H and O–H groups in total. The van der Waals surface area contributed by atoms with E-state index < -0.39 is 10.0 Å². The van der Waals surface area contributed by atoms with Crippen molar-refractivity contribution in [3.63, 3.8) is 0 Å². The molecule has 1 aliphatic heterocycles. The van der Waals surface area contributed by atoms with Gasteiger partial charge in [0.15, 0.2) is 0 Å². The predicted octanol–water partition coefficient (Wildman–Crippen LogP) is 2.06. The van der Waals surface area contributed by atoms with Gasteiger partial charge >= 0.3 is 0 Å². The zero-order valence-corrected chi connectivity index (χ0v) is 17.0. The molecule has 1 aliphatic carbocycles. The van der Waals surface area contributed by atoms with Crippen molar-refractivity contribution in [1.82, 2.24) is 14.5 Å². The highest BCUT2D eigenvalue weighted by atomic mass is 32.2. The number of piperazine rings is 1. The summed E-state index contributed by atoms with van der Waals surface area (Å²) in [4.78, 5) is 14.6. The number of fused-ring (bicyclic) bond motifs is 1. The fraction of sp³-hybridized carbons (Fsp3) is 0.476. The Kier molecular flexibility index (Phi) is 5.40. The van der Waals surface area contributed by atoms with Crippen LogP contribution in [0.25, 0.3) is 10.8 Å².